The lowest BCUT2D eigenvalue weighted by molar-refractivity contribution is 0.702. The lowest BCUT2D eigenvalue weighted by atomic mass is 10.1. The van der Waals surface area contributed by atoms with E-state index in [2.05, 4.69) is 15.9 Å². The minimum Gasteiger partial charge on any atom is -0.238 e. The van der Waals surface area contributed by atoms with E-state index in [0.29, 0.717) is 0 Å². The van der Waals surface area contributed by atoms with Gasteiger partial charge in [-0.2, -0.15) is 0 Å². The van der Waals surface area contributed by atoms with Crippen LogP contribution in [0.25, 0.3) is 0 Å². The van der Waals surface area contributed by atoms with Gasteiger partial charge in [0.05, 0.1) is 5.69 Å². The van der Waals surface area contributed by atoms with Crippen molar-refractivity contribution in [2.24, 2.45) is 0 Å². The van der Waals surface area contributed by atoms with E-state index in [4.69, 9.17) is 0 Å². The molecule has 0 amide bonds. The second kappa shape index (κ2) is 2.70. The SMILES string of the molecule is [c]1nc(C2CCCC2)cs1. The number of rotatable bonds is 1. The van der Waals surface area contributed by atoms with Crippen LogP contribution in [0.4, 0.5) is 0 Å². The van der Waals surface area contributed by atoms with Crippen LogP contribution in [0.5, 0.6) is 0 Å². The number of hydrogen-bond acceptors (Lipinski definition) is 2. The quantitative estimate of drug-likeness (QED) is 0.602. The molecule has 1 heterocycles. The summed E-state index contributed by atoms with van der Waals surface area (Å²) >= 11 is 1.59. The molecule has 1 aliphatic carbocycles. The third kappa shape index (κ3) is 1.08. The zero-order valence-electron chi connectivity index (χ0n) is 5.84. The van der Waals surface area contributed by atoms with Gasteiger partial charge in [-0.05, 0) is 12.8 Å². The van der Waals surface area contributed by atoms with Crippen LogP contribution in [0.2, 0.25) is 0 Å². The first-order valence-electron chi connectivity index (χ1n) is 3.78. The standard InChI is InChI=1S/C8H10NS/c1-2-4-7(3-1)8-5-10-6-9-8/h5,7H,1-4H2. The summed E-state index contributed by atoms with van der Waals surface area (Å²) in [5.41, 5.74) is 4.18. The Morgan fingerprint density at radius 2 is 2.30 bits per heavy atom. The lowest BCUT2D eigenvalue weighted by Gasteiger charge is -2.01. The second-order valence-corrected chi connectivity index (χ2v) is 3.50. The van der Waals surface area contributed by atoms with Crippen LogP contribution >= 0.6 is 11.3 Å². The molecule has 0 bridgehead atoms. The average Bonchev–Trinajstić information content (AvgIpc) is 2.59. The first-order valence-corrected chi connectivity index (χ1v) is 4.66. The van der Waals surface area contributed by atoms with Crippen LogP contribution < -0.4 is 0 Å². The molecule has 2 heteroatoms. The Morgan fingerprint density at radius 3 is 2.90 bits per heavy atom. The van der Waals surface area contributed by atoms with Crippen molar-refractivity contribution in [3.8, 4) is 0 Å². The molecule has 0 aliphatic heterocycles. The predicted octanol–water partition coefficient (Wildman–Crippen LogP) is 2.60. The minimum atomic E-state index is 0.766. The van der Waals surface area contributed by atoms with Gasteiger partial charge < -0.3 is 0 Å². The molecule has 1 saturated carbocycles. The van der Waals surface area contributed by atoms with Crippen molar-refractivity contribution in [3.05, 3.63) is 16.6 Å². The van der Waals surface area contributed by atoms with Crippen molar-refractivity contribution < 1.29 is 0 Å². The lowest BCUT2D eigenvalue weighted by Crippen LogP contribution is -1.90. The predicted molar refractivity (Wildman–Crippen MR) is 42.2 cm³/mol. The summed E-state index contributed by atoms with van der Waals surface area (Å²) in [6, 6.07) is 0. The molecule has 0 aromatic carbocycles. The third-order valence-corrected chi connectivity index (χ3v) is 2.74. The van der Waals surface area contributed by atoms with E-state index in [-0.39, 0.29) is 0 Å². The van der Waals surface area contributed by atoms with Gasteiger partial charge in [-0.3, -0.25) is 0 Å². The van der Waals surface area contributed by atoms with Gasteiger partial charge in [0, 0.05) is 11.3 Å². The highest BCUT2D eigenvalue weighted by Crippen LogP contribution is 2.33. The molecule has 0 spiro atoms. The van der Waals surface area contributed by atoms with Crippen LogP contribution in [-0.4, -0.2) is 4.98 Å². The summed E-state index contributed by atoms with van der Waals surface area (Å²) in [5, 5.41) is 2.13. The summed E-state index contributed by atoms with van der Waals surface area (Å²) in [4.78, 5) is 4.19. The molecule has 1 nitrogen and oxygen atoms in total. The fourth-order valence-corrected chi connectivity index (χ4v) is 2.18. The fourth-order valence-electron chi connectivity index (χ4n) is 1.60. The van der Waals surface area contributed by atoms with Gasteiger partial charge in [0.1, 0.15) is 0 Å². The van der Waals surface area contributed by atoms with Gasteiger partial charge in [0.25, 0.3) is 0 Å². The molecule has 1 radical (unpaired) electrons. The Balaban J connectivity index is 2.12. The van der Waals surface area contributed by atoms with E-state index < -0.39 is 0 Å². The zero-order valence-corrected chi connectivity index (χ0v) is 6.66. The van der Waals surface area contributed by atoms with Gasteiger partial charge in [-0.1, -0.05) is 12.8 Å². The van der Waals surface area contributed by atoms with Crippen LogP contribution in [0.3, 0.4) is 0 Å². The molecule has 0 atom stereocenters. The summed E-state index contributed by atoms with van der Waals surface area (Å²) < 4.78 is 0. The number of thiazole rings is 1. The Hall–Kier alpha value is -0.370. The van der Waals surface area contributed by atoms with Crippen LogP contribution in [0, 0.1) is 5.51 Å². The Kier molecular flexibility index (Phi) is 1.72. The van der Waals surface area contributed by atoms with Gasteiger partial charge in [0.15, 0.2) is 5.51 Å². The maximum atomic E-state index is 4.19. The van der Waals surface area contributed by atoms with Crippen molar-refractivity contribution in [1.29, 1.82) is 0 Å². The highest BCUT2D eigenvalue weighted by molar-refractivity contribution is 7.07. The van der Waals surface area contributed by atoms with Gasteiger partial charge in [-0.25, -0.2) is 4.98 Å². The average molecular weight is 152 g/mol. The highest BCUT2D eigenvalue weighted by Gasteiger charge is 2.17. The Labute approximate surface area is 65.1 Å². The molecule has 1 aromatic rings. The van der Waals surface area contributed by atoms with Crippen molar-refractivity contribution in [1.82, 2.24) is 4.98 Å². The molecule has 53 valence electrons. The van der Waals surface area contributed by atoms with Crippen molar-refractivity contribution in [3.63, 3.8) is 0 Å². The molecule has 0 saturated heterocycles. The maximum absolute atomic E-state index is 4.19. The molecule has 0 N–H and O–H groups in total. The van der Waals surface area contributed by atoms with Crippen LogP contribution in [0.1, 0.15) is 37.3 Å². The van der Waals surface area contributed by atoms with E-state index >= 15 is 0 Å². The molecule has 1 aliphatic rings. The van der Waals surface area contributed by atoms with Gasteiger partial charge in [-0.15, -0.1) is 11.3 Å². The molecule has 0 unspecified atom stereocenters. The van der Waals surface area contributed by atoms with Crippen molar-refractivity contribution >= 4 is 11.3 Å². The number of hydrogen-bond donors (Lipinski definition) is 0. The number of nitrogens with zero attached hydrogens (tertiary/aromatic N) is 1. The van der Waals surface area contributed by atoms with Gasteiger partial charge in [0.2, 0.25) is 0 Å². The van der Waals surface area contributed by atoms with Crippen molar-refractivity contribution in [2.45, 2.75) is 31.6 Å². The maximum Gasteiger partial charge on any atom is 0.152 e. The second-order valence-electron chi connectivity index (χ2n) is 2.85. The summed E-state index contributed by atoms with van der Waals surface area (Å²) in [6.45, 7) is 0. The molecule has 2 rings (SSSR count). The molecular formula is C8H10NS. The number of aromatic nitrogens is 1. The molecule has 10 heavy (non-hydrogen) atoms. The summed E-state index contributed by atoms with van der Waals surface area (Å²) in [7, 11) is 0. The monoisotopic (exact) mass is 152 g/mol. The van der Waals surface area contributed by atoms with E-state index in [1.165, 1.54) is 31.4 Å². The topological polar surface area (TPSA) is 12.9 Å². The first kappa shape index (κ1) is 6.35. The van der Waals surface area contributed by atoms with E-state index in [0.717, 1.165) is 5.92 Å². The largest absolute Gasteiger partial charge is 0.238 e. The molecule has 1 aromatic heterocycles. The minimum absolute atomic E-state index is 0.766. The first-order chi connectivity index (χ1) is 4.97. The summed E-state index contributed by atoms with van der Waals surface area (Å²) in [6.07, 6.45) is 5.47. The fraction of sp³-hybridized carbons (Fsp3) is 0.625. The highest BCUT2D eigenvalue weighted by atomic mass is 32.1. The van der Waals surface area contributed by atoms with E-state index in [1.54, 1.807) is 11.3 Å². The van der Waals surface area contributed by atoms with Crippen LogP contribution in [0.15, 0.2) is 5.38 Å². The summed E-state index contributed by atoms with van der Waals surface area (Å²) in [5.74, 6) is 0.766. The van der Waals surface area contributed by atoms with Crippen LogP contribution in [-0.2, 0) is 0 Å². The molecule has 1 fully saturated rings. The Morgan fingerprint density at radius 1 is 1.50 bits per heavy atom. The third-order valence-electron chi connectivity index (χ3n) is 2.18. The normalized spacial score (nSPS) is 20.0. The van der Waals surface area contributed by atoms with E-state index in [1.807, 2.05) is 0 Å². The molecular weight excluding hydrogens is 142 g/mol. The smallest absolute Gasteiger partial charge is 0.152 e. The zero-order chi connectivity index (χ0) is 6.81. The van der Waals surface area contributed by atoms with E-state index in [9.17, 15) is 0 Å². The van der Waals surface area contributed by atoms with Crippen molar-refractivity contribution in [2.75, 3.05) is 0 Å². The Bertz CT molecular complexity index is 187. The van der Waals surface area contributed by atoms with Gasteiger partial charge >= 0.3 is 0 Å².